The third kappa shape index (κ3) is 7.12. The van der Waals surface area contributed by atoms with Gasteiger partial charge in [-0.1, -0.05) is 72.8 Å². The monoisotopic (exact) mass is 597 g/mol. The van der Waals surface area contributed by atoms with Gasteiger partial charge < -0.3 is 30.2 Å². The smallest absolute Gasteiger partial charge is 0.327 e. The number of hydrogen-bond acceptors (Lipinski definition) is 10. The van der Waals surface area contributed by atoms with Crippen molar-refractivity contribution in [1.29, 1.82) is 5.26 Å². The second-order valence-corrected chi connectivity index (χ2v) is 10.3. The molecule has 2 heterocycles. The number of aliphatic imine (C=N–C) groups is 1. The Morgan fingerprint density at radius 1 is 0.867 bits per heavy atom. The normalized spacial score (nSPS) is 12.3. The van der Waals surface area contributed by atoms with Crippen LogP contribution in [0.1, 0.15) is 22.3 Å². The fraction of sp³-hybridized carbons (Fsp3) is 0.143. The van der Waals surface area contributed by atoms with Crippen LogP contribution >= 0.6 is 0 Å². The zero-order valence-electron chi connectivity index (χ0n) is 24.7. The highest BCUT2D eigenvalue weighted by Gasteiger charge is 2.19. The van der Waals surface area contributed by atoms with E-state index in [9.17, 15) is 5.26 Å². The topological polar surface area (TPSA) is 131 Å². The number of ether oxygens (including phenoxy) is 3. The Hall–Kier alpha value is -6.08. The molecule has 224 valence electrons. The van der Waals surface area contributed by atoms with Gasteiger partial charge in [0.2, 0.25) is 0 Å². The predicted octanol–water partition coefficient (Wildman–Crippen LogP) is 6.40. The van der Waals surface area contributed by atoms with Gasteiger partial charge in [-0.25, -0.2) is 0 Å². The Kier molecular flexibility index (Phi) is 8.69. The van der Waals surface area contributed by atoms with Crippen molar-refractivity contribution in [3.8, 4) is 35.2 Å². The number of benzene rings is 4. The minimum atomic E-state index is -0.0366. The fourth-order valence-electron chi connectivity index (χ4n) is 4.73. The molecule has 10 nitrogen and oxygen atoms in total. The molecule has 45 heavy (non-hydrogen) atoms. The van der Waals surface area contributed by atoms with Crippen molar-refractivity contribution in [2.24, 2.45) is 4.99 Å². The van der Waals surface area contributed by atoms with Gasteiger partial charge >= 0.3 is 6.01 Å². The molecule has 0 aliphatic carbocycles. The molecule has 0 bridgehead atoms. The molecule has 0 saturated carbocycles. The largest absolute Gasteiger partial charge is 0.485 e. The van der Waals surface area contributed by atoms with Gasteiger partial charge in [0, 0.05) is 31.8 Å². The van der Waals surface area contributed by atoms with E-state index in [0.717, 1.165) is 35.6 Å². The van der Waals surface area contributed by atoms with Crippen LogP contribution in [0.5, 0.6) is 29.1 Å². The number of aromatic nitrogens is 2. The van der Waals surface area contributed by atoms with Crippen molar-refractivity contribution in [2.45, 2.75) is 13.2 Å². The van der Waals surface area contributed by atoms with Gasteiger partial charge in [-0.15, -0.1) is 0 Å². The Morgan fingerprint density at radius 3 is 2.38 bits per heavy atom. The highest BCUT2D eigenvalue weighted by molar-refractivity contribution is 5.99. The number of nitriles is 1. The van der Waals surface area contributed by atoms with E-state index in [4.69, 9.17) is 19.9 Å². The molecule has 10 heteroatoms. The van der Waals surface area contributed by atoms with Crippen molar-refractivity contribution < 1.29 is 14.2 Å². The zero-order valence-corrected chi connectivity index (χ0v) is 24.7. The van der Waals surface area contributed by atoms with E-state index in [1.54, 1.807) is 18.2 Å². The minimum Gasteiger partial charge on any atom is -0.485 e. The van der Waals surface area contributed by atoms with Crippen molar-refractivity contribution in [3.05, 3.63) is 125 Å². The summed E-state index contributed by atoms with van der Waals surface area (Å²) >= 11 is 0. The molecular formula is C35H31N7O3. The van der Waals surface area contributed by atoms with Gasteiger partial charge in [0.1, 0.15) is 23.9 Å². The Balaban J connectivity index is 1.33. The summed E-state index contributed by atoms with van der Waals surface area (Å²) in [5.74, 6) is 2.56. The van der Waals surface area contributed by atoms with E-state index in [1.807, 2.05) is 92.0 Å². The average molecular weight is 598 g/mol. The van der Waals surface area contributed by atoms with Crippen molar-refractivity contribution in [3.63, 3.8) is 0 Å². The molecule has 0 amide bonds. The maximum absolute atomic E-state index is 9.58. The summed E-state index contributed by atoms with van der Waals surface area (Å²) in [4.78, 5) is 15.8. The number of nitrogens with two attached hydrogens (primary N) is 1. The number of hydrogen-bond donors (Lipinski definition) is 2. The summed E-state index contributed by atoms with van der Waals surface area (Å²) in [5, 5.41) is 12.9. The maximum atomic E-state index is 9.58. The molecule has 1 aliphatic heterocycles. The molecule has 0 unspecified atom stereocenters. The van der Waals surface area contributed by atoms with E-state index < -0.39 is 0 Å². The lowest BCUT2D eigenvalue weighted by atomic mass is 10.2. The highest BCUT2D eigenvalue weighted by atomic mass is 16.5. The summed E-state index contributed by atoms with van der Waals surface area (Å²) in [6, 6.07) is 34.3. The molecule has 4 aromatic carbocycles. The van der Waals surface area contributed by atoms with Crippen molar-refractivity contribution in [2.75, 3.05) is 31.2 Å². The van der Waals surface area contributed by atoms with E-state index in [-0.39, 0.29) is 23.3 Å². The van der Waals surface area contributed by atoms with Gasteiger partial charge in [0.25, 0.3) is 5.88 Å². The first kappa shape index (κ1) is 29.0. The quantitative estimate of drug-likeness (QED) is 0.178. The van der Waals surface area contributed by atoms with Crippen LogP contribution in [0.25, 0.3) is 0 Å². The van der Waals surface area contributed by atoms with Crippen molar-refractivity contribution >= 4 is 17.3 Å². The molecule has 6 rings (SSSR count). The van der Waals surface area contributed by atoms with Gasteiger partial charge in [-0.2, -0.15) is 15.2 Å². The molecule has 3 N–H and O–H groups in total. The van der Waals surface area contributed by atoms with Crippen LogP contribution < -0.4 is 25.3 Å². The molecule has 5 aromatic rings. The summed E-state index contributed by atoms with van der Waals surface area (Å²) < 4.78 is 18.5. The summed E-state index contributed by atoms with van der Waals surface area (Å²) in [5.41, 5.74) is 10.1. The van der Waals surface area contributed by atoms with Gasteiger partial charge in [-0.3, -0.25) is 4.99 Å². The second-order valence-electron chi connectivity index (χ2n) is 10.3. The Morgan fingerprint density at radius 2 is 1.64 bits per heavy atom. The van der Waals surface area contributed by atoms with Gasteiger partial charge in [0.05, 0.1) is 18.2 Å². The fourth-order valence-corrected chi connectivity index (χ4v) is 4.73. The summed E-state index contributed by atoms with van der Waals surface area (Å²) in [6.07, 6.45) is 0. The Labute approximate surface area is 261 Å². The van der Waals surface area contributed by atoms with Crippen LogP contribution in [-0.2, 0) is 13.2 Å². The third-order valence-corrected chi connectivity index (χ3v) is 7.07. The first-order valence-electron chi connectivity index (χ1n) is 14.4. The summed E-state index contributed by atoms with van der Waals surface area (Å²) in [7, 11) is 2.01. The van der Waals surface area contributed by atoms with Crippen LogP contribution in [0.4, 0.5) is 11.5 Å². The molecule has 0 spiro atoms. The minimum absolute atomic E-state index is 0.0366. The number of nitrogens with one attached hydrogen (secondary N) is 1. The highest BCUT2D eigenvalue weighted by Crippen LogP contribution is 2.37. The first-order valence-corrected chi connectivity index (χ1v) is 14.4. The van der Waals surface area contributed by atoms with Crippen LogP contribution in [0.15, 0.2) is 108 Å². The molecule has 0 atom stereocenters. The molecule has 0 fully saturated rings. The lowest BCUT2D eigenvalue weighted by Gasteiger charge is -2.17. The molecule has 0 saturated heterocycles. The van der Waals surface area contributed by atoms with E-state index >= 15 is 0 Å². The average Bonchev–Trinajstić information content (AvgIpc) is 3.51. The van der Waals surface area contributed by atoms with Gasteiger partial charge in [0.15, 0.2) is 17.3 Å². The molecule has 0 radical (unpaired) electrons. The number of rotatable bonds is 11. The van der Waals surface area contributed by atoms with Crippen molar-refractivity contribution in [1.82, 2.24) is 14.9 Å². The number of nitrogen functional groups attached to an aromatic ring is 1. The van der Waals surface area contributed by atoms with Crippen LogP contribution in [-0.4, -0.2) is 40.8 Å². The SMILES string of the molecule is CN1CCN=C1c1cccc(Oc2nc(Oc3cc(C#N)ccc3OCc3ccccc3)nc(NCc3ccccc3)c2N)c1. The predicted molar refractivity (Wildman–Crippen MR) is 173 cm³/mol. The maximum Gasteiger partial charge on any atom is 0.327 e. The zero-order chi connectivity index (χ0) is 31.0. The number of amidine groups is 1. The second kappa shape index (κ2) is 13.5. The van der Waals surface area contributed by atoms with Crippen LogP contribution in [0.3, 0.4) is 0 Å². The van der Waals surface area contributed by atoms with Crippen LogP contribution in [0, 0.1) is 11.3 Å². The first-order chi connectivity index (χ1) is 22.1. The number of anilines is 2. The van der Waals surface area contributed by atoms with Gasteiger partial charge in [-0.05, 0) is 35.4 Å². The van der Waals surface area contributed by atoms with Crippen LogP contribution in [0.2, 0.25) is 0 Å². The van der Waals surface area contributed by atoms with E-state index in [2.05, 4.69) is 31.2 Å². The standard InChI is InChI=1S/C35H31N7O3/c1-42-18-17-38-33(42)27-13-8-14-28(20-27)44-34-31(37)32(39-22-24-9-4-2-5-10-24)40-35(41-34)45-30-19-26(21-36)15-16-29(30)43-23-25-11-6-3-7-12-25/h2-16,19-20H,17-18,22-23,37H2,1H3,(H,39,40,41). The lowest BCUT2D eigenvalue weighted by molar-refractivity contribution is 0.288. The molecule has 1 aliphatic rings. The number of nitrogens with zero attached hydrogens (tertiary/aromatic N) is 5. The third-order valence-electron chi connectivity index (χ3n) is 7.07. The van der Waals surface area contributed by atoms with E-state index in [1.165, 1.54) is 0 Å². The van der Waals surface area contributed by atoms with E-state index in [0.29, 0.717) is 36.0 Å². The lowest BCUT2D eigenvalue weighted by Crippen LogP contribution is -2.23. The molecule has 1 aromatic heterocycles. The summed E-state index contributed by atoms with van der Waals surface area (Å²) in [6.45, 7) is 2.37. The Bertz CT molecular complexity index is 1860. The molecular weight excluding hydrogens is 566 g/mol. The number of likely N-dealkylation sites (N-methyl/N-ethyl adjacent to an activating group) is 1.